The van der Waals surface area contributed by atoms with E-state index in [1.807, 2.05) is 12.3 Å². The molecule has 0 saturated carbocycles. The van der Waals surface area contributed by atoms with E-state index in [1.165, 1.54) is 43.2 Å². The van der Waals surface area contributed by atoms with Crippen molar-refractivity contribution in [2.75, 3.05) is 5.32 Å². The molecule has 102 valence electrons. The Bertz CT molecular complexity index is 502. The van der Waals surface area contributed by atoms with Crippen LogP contribution in [0.3, 0.4) is 0 Å². The van der Waals surface area contributed by atoms with E-state index < -0.39 is 0 Å². The van der Waals surface area contributed by atoms with Gasteiger partial charge in [-0.15, -0.1) is 0 Å². The first-order valence-electron chi connectivity index (χ1n) is 7.45. The van der Waals surface area contributed by atoms with E-state index in [-0.39, 0.29) is 0 Å². The van der Waals surface area contributed by atoms with E-state index in [0.717, 1.165) is 5.52 Å². The number of aromatic nitrogens is 1. The maximum atomic E-state index is 4.42. The van der Waals surface area contributed by atoms with Crippen LogP contribution in [0.5, 0.6) is 0 Å². The number of nitrogens with zero attached hydrogens (tertiary/aromatic N) is 1. The summed E-state index contributed by atoms with van der Waals surface area (Å²) in [5.41, 5.74) is 2.29. The third kappa shape index (κ3) is 3.69. The minimum atomic E-state index is 0.579. The van der Waals surface area contributed by atoms with E-state index in [1.54, 1.807) is 0 Å². The van der Waals surface area contributed by atoms with Crippen LogP contribution in [0.1, 0.15) is 46.0 Å². The van der Waals surface area contributed by atoms with Gasteiger partial charge in [0.25, 0.3) is 0 Å². The van der Waals surface area contributed by atoms with Gasteiger partial charge in [-0.2, -0.15) is 0 Å². The molecule has 1 N–H and O–H groups in total. The molecule has 0 amide bonds. The van der Waals surface area contributed by atoms with Gasteiger partial charge in [0.2, 0.25) is 0 Å². The van der Waals surface area contributed by atoms with Crippen molar-refractivity contribution < 1.29 is 0 Å². The lowest BCUT2D eigenvalue weighted by Gasteiger charge is -2.20. The lowest BCUT2D eigenvalue weighted by Crippen LogP contribution is -2.19. The molecular formula is C17H24N2. The molecule has 0 aliphatic carbocycles. The van der Waals surface area contributed by atoms with Crippen molar-refractivity contribution in [1.82, 2.24) is 4.98 Å². The van der Waals surface area contributed by atoms with Crippen LogP contribution in [0, 0.1) is 0 Å². The molecule has 0 bridgehead atoms. The number of nitrogens with one attached hydrogen (secondary N) is 1. The van der Waals surface area contributed by atoms with E-state index >= 15 is 0 Å². The Morgan fingerprint density at radius 1 is 1.05 bits per heavy atom. The van der Waals surface area contributed by atoms with Gasteiger partial charge in [0, 0.05) is 23.3 Å². The van der Waals surface area contributed by atoms with Crippen molar-refractivity contribution in [2.24, 2.45) is 0 Å². The molecule has 0 saturated heterocycles. The molecule has 1 aromatic heterocycles. The Balaban J connectivity index is 2.18. The molecule has 1 unspecified atom stereocenters. The van der Waals surface area contributed by atoms with E-state index in [2.05, 4.69) is 48.4 Å². The Labute approximate surface area is 116 Å². The molecule has 0 spiro atoms. The lowest BCUT2D eigenvalue weighted by molar-refractivity contribution is 0.565. The van der Waals surface area contributed by atoms with Crippen LogP contribution in [0.15, 0.2) is 36.5 Å². The van der Waals surface area contributed by atoms with Crippen LogP contribution in [0.4, 0.5) is 5.69 Å². The molecule has 2 nitrogen and oxygen atoms in total. The van der Waals surface area contributed by atoms with Gasteiger partial charge in [0.1, 0.15) is 0 Å². The maximum absolute atomic E-state index is 4.42. The summed E-state index contributed by atoms with van der Waals surface area (Å²) in [7, 11) is 0. The fourth-order valence-electron chi connectivity index (χ4n) is 2.53. The predicted octanol–water partition coefficient (Wildman–Crippen LogP) is 5.01. The zero-order chi connectivity index (χ0) is 13.5. The van der Waals surface area contributed by atoms with Gasteiger partial charge in [-0.05, 0) is 25.0 Å². The molecule has 2 aromatic rings. The van der Waals surface area contributed by atoms with Crippen molar-refractivity contribution in [3.63, 3.8) is 0 Å². The van der Waals surface area contributed by atoms with Gasteiger partial charge in [-0.1, -0.05) is 51.3 Å². The molecule has 0 aliphatic heterocycles. The third-order valence-electron chi connectivity index (χ3n) is 3.55. The lowest BCUT2D eigenvalue weighted by atomic mass is 10.0. The monoisotopic (exact) mass is 256 g/mol. The first-order chi connectivity index (χ1) is 9.35. The smallest absolute Gasteiger partial charge is 0.0722 e. The van der Waals surface area contributed by atoms with E-state index in [4.69, 9.17) is 0 Å². The quantitative estimate of drug-likeness (QED) is 0.753. The normalized spacial score (nSPS) is 12.5. The molecular weight excluding hydrogens is 232 g/mol. The van der Waals surface area contributed by atoms with Crippen molar-refractivity contribution in [3.8, 4) is 0 Å². The Kier molecular flexibility index (Phi) is 5.20. The highest BCUT2D eigenvalue weighted by Crippen LogP contribution is 2.23. The second-order valence-corrected chi connectivity index (χ2v) is 5.15. The van der Waals surface area contributed by atoms with Crippen molar-refractivity contribution in [1.29, 1.82) is 0 Å². The Morgan fingerprint density at radius 2 is 1.89 bits per heavy atom. The summed E-state index contributed by atoms with van der Waals surface area (Å²) in [5.74, 6) is 0. The molecule has 1 atom stereocenters. The molecule has 0 aliphatic rings. The summed E-state index contributed by atoms with van der Waals surface area (Å²) < 4.78 is 0. The number of fused-ring (bicyclic) bond motifs is 1. The number of anilines is 1. The highest BCUT2D eigenvalue weighted by atomic mass is 14.9. The van der Waals surface area contributed by atoms with Gasteiger partial charge in [0.05, 0.1) is 5.52 Å². The zero-order valence-electron chi connectivity index (χ0n) is 12.0. The summed E-state index contributed by atoms with van der Waals surface area (Å²) in [6.07, 6.45) is 8.16. The topological polar surface area (TPSA) is 24.9 Å². The molecule has 0 radical (unpaired) electrons. The predicted molar refractivity (Wildman–Crippen MR) is 83.6 cm³/mol. The van der Waals surface area contributed by atoms with Crippen LogP contribution < -0.4 is 5.32 Å². The summed E-state index contributed by atoms with van der Waals surface area (Å²) in [6.45, 7) is 4.51. The second-order valence-electron chi connectivity index (χ2n) is 5.15. The standard InChI is InChI=1S/C17H24N2/c1-3-5-9-14(8-4-2)19-17-12-13-18-16-11-7-6-10-15(16)17/h6-7,10-14H,3-5,8-9H2,1-2H3,(H,18,19). The van der Waals surface area contributed by atoms with E-state index in [9.17, 15) is 0 Å². The number of hydrogen-bond acceptors (Lipinski definition) is 2. The number of benzene rings is 1. The third-order valence-corrected chi connectivity index (χ3v) is 3.55. The van der Waals surface area contributed by atoms with Crippen LogP contribution in [0.25, 0.3) is 10.9 Å². The summed E-state index contributed by atoms with van der Waals surface area (Å²) in [5, 5.41) is 4.94. The largest absolute Gasteiger partial charge is 0.382 e. The average Bonchev–Trinajstić information content (AvgIpc) is 2.45. The number of rotatable bonds is 7. The molecule has 2 heteroatoms. The second kappa shape index (κ2) is 7.13. The summed E-state index contributed by atoms with van der Waals surface area (Å²) >= 11 is 0. The van der Waals surface area contributed by atoms with Gasteiger partial charge in [0.15, 0.2) is 0 Å². The maximum Gasteiger partial charge on any atom is 0.0722 e. The summed E-state index contributed by atoms with van der Waals surface area (Å²) in [6, 6.07) is 11.0. The SMILES string of the molecule is CCCCC(CCC)Nc1ccnc2ccccc12. The summed E-state index contributed by atoms with van der Waals surface area (Å²) in [4.78, 5) is 4.42. The van der Waals surface area contributed by atoms with Gasteiger partial charge < -0.3 is 5.32 Å². The van der Waals surface area contributed by atoms with Gasteiger partial charge in [-0.25, -0.2) is 0 Å². The Morgan fingerprint density at radius 3 is 2.68 bits per heavy atom. The van der Waals surface area contributed by atoms with Crippen LogP contribution >= 0.6 is 0 Å². The molecule has 19 heavy (non-hydrogen) atoms. The van der Waals surface area contributed by atoms with Gasteiger partial charge in [-0.3, -0.25) is 4.98 Å². The van der Waals surface area contributed by atoms with Crippen molar-refractivity contribution in [3.05, 3.63) is 36.5 Å². The fraction of sp³-hybridized carbons (Fsp3) is 0.471. The molecule has 1 aromatic carbocycles. The first kappa shape index (κ1) is 13.9. The van der Waals surface area contributed by atoms with Crippen LogP contribution in [-0.2, 0) is 0 Å². The van der Waals surface area contributed by atoms with Crippen LogP contribution in [0.2, 0.25) is 0 Å². The van der Waals surface area contributed by atoms with Gasteiger partial charge >= 0.3 is 0 Å². The molecule has 1 heterocycles. The number of unbranched alkanes of at least 4 members (excludes halogenated alkanes) is 1. The highest BCUT2D eigenvalue weighted by Gasteiger charge is 2.09. The van der Waals surface area contributed by atoms with Crippen LogP contribution in [-0.4, -0.2) is 11.0 Å². The minimum absolute atomic E-state index is 0.579. The highest BCUT2D eigenvalue weighted by molar-refractivity contribution is 5.90. The molecule has 0 fully saturated rings. The number of hydrogen-bond donors (Lipinski definition) is 1. The first-order valence-corrected chi connectivity index (χ1v) is 7.45. The number of para-hydroxylation sites is 1. The average molecular weight is 256 g/mol. The van der Waals surface area contributed by atoms with E-state index in [0.29, 0.717) is 6.04 Å². The minimum Gasteiger partial charge on any atom is -0.382 e. The molecule has 2 rings (SSSR count). The van der Waals surface area contributed by atoms with Crippen molar-refractivity contribution >= 4 is 16.6 Å². The zero-order valence-corrected chi connectivity index (χ0v) is 12.0. The fourth-order valence-corrected chi connectivity index (χ4v) is 2.53. The Hall–Kier alpha value is -1.57. The van der Waals surface area contributed by atoms with Crippen molar-refractivity contribution in [2.45, 2.75) is 52.0 Å². The number of pyridine rings is 1.